The maximum absolute atomic E-state index is 12.6. The van der Waals surface area contributed by atoms with Gasteiger partial charge in [-0.15, -0.1) is 15.3 Å². The van der Waals surface area contributed by atoms with Crippen LogP contribution in [0.15, 0.2) is 38.0 Å². The summed E-state index contributed by atoms with van der Waals surface area (Å²) < 4.78 is 7.67. The molecule has 0 aliphatic carbocycles. The molecule has 0 spiro atoms. The number of nitrogens with zero attached hydrogens (tertiary/aromatic N) is 9. The van der Waals surface area contributed by atoms with Crippen molar-refractivity contribution < 1.29 is 9.42 Å². The van der Waals surface area contributed by atoms with Crippen LogP contribution >= 0.6 is 23.1 Å². The maximum atomic E-state index is 12.6. The normalized spacial score (nSPS) is 11.3. The molecule has 1 amide bonds. The van der Waals surface area contributed by atoms with E-state index >= 15 is 0 Å². The average molecular weight is 431 g/mol. The minimum absolute atomic E-state index is 0.0160. The van der Waals surface area contributed by atoms with Gasteiger partial charge in [0.1, 0.15) is 6.33 Å². The lowest BCUT2D eigenvalue weighted by atomic mass is 10.3. The molecule has 0 saturated heterocycles. The molecule has 0 aliphatic rings. The Hall–Kier alpha value is -3.59. The monoisotopic (exact) mass is 431 g/mol. The minimum Gasteiger partial charge on any atom is -0.378 e. The first-order chi connectivity index (χ1) is 14.1. The minimum atomic E-state index is -0.536. The first kappa shape index (κ1) is 18.8. The molecule has 0 unspecified atom stereocenters. The number of anilines is 1. The molecule has 13 nitrogen and oxygen atoms in total. The summed E-state index contributed by atoms with van der Waals surface area (Å²) in [7, 11) is 1.81. The highest BCUT2D eigenvalue weighted by molar-refractivity contribution is 7.98. The Kier molecular flexibility index (Phi) is 5.30. The van der Waals surface area contributed by atoms with E-state index < -0.39 is 5.91 Å². The summed E-state index contributed by atoms with van der Waals surface area (Å²) in [5, 5.41) is 31.4. The van der Waals surface area contributed by atoms with Gasteiger partial charge in [0.2, 0.25) is 11.6 Å². The van der Waals surface area contributed by atoms with E-state index in [0.717, 1.165) is 5.56 Å². The van der Waals surface area contributed by atoms with Crippen molar-refractivity contribution in [1.29, 1.82) is 0 Å². The summed E-state index contributed by atoms with van der Waals surface area (Å²) in [6.07, 6.45) is 3.11. The van der Waals surface area contributed by atoms with Gasteiger partial charge in [0.15, 0.2) is 10.9 Å². The van der Waals surface area contributed by atoms with Gasteiger partial charge in [-0.1, -0.05) is 17.0 Å². The third kappa shape index (κ3) is 3.99. The van der Waals surface area contributed by atoms with E-state index in [-0.39, 0.29) is 23.1 Å². The van der Waals surface area contributed by atoms with Gasteiger partial charge < -0.3 is 10.3 Å². The molecule has 0 radical (unpaired) electrons. The molecule has 29 heavy (non-hydrogen) atoms. The fourth-order valence-electron chi connectivity index (χ4n) is 2.22. The number of rotatable bonds is 7. The van der Waals surface area contributed by atoms with E-state index in [9.17, 15) is 4.79 Å². The number of carbonyl (C=O) groups excluding carboxylic acids is 1. The third-order valence-electron chi connectivity index (χ3n) is 3.61. The van der Waals surface area contributed by atoms with Crippen LogP contribution < -0.4 is 11.2 Å². The van der Waals surface area contributed by atoms with E-state index in [1.165, 1.54) is 34.0 Å². The number of hydrazone groups is 1. The SMILES string of the molecule is Cn1cnnc1SCc1c(C(=O)NN=Cc2ccsc2)nnn1-c1nonc1N. The first-order valence-corrected chi connectivity index (χ1v) is 9.91. The molecule has 4 heterocycles. The summed E-state index contributed by atoms with van der Waals surface area (Å²) in [6.45, 7) is 0. The lowest BCUT2D eigenvalue weighted by Crippen LogP contribution is -2.20. The van der Waals surface area contributed by atoms with E-state index in [2.05, 4.69) is 46.0 Å². The second-order valence-electron chi connectivity index (χ2n) is 5.54. The van der Waals surface area contributed by atoms with E-state index in [1.54, 1.807) is 10.9 Å². The molecule has 0 fully saturated rings. The third-order valence-corrected chi connectivity index (χ3v) is 5.35. The summed E-state index contributed by atoms with van der Waals surface area (Å²) in [5.41, 5.74) is 9.56. The molecular formula is C14H13N11O2S2. The van der Waals surface area contributed by atoms with Crippen LogP contribution in [0.2, 0.25) is 0 Å². The molecule has 148 valence electrons. The lowest BCUT2D eigenvalue weighted by Gasteiger charge is -2.05. The van der Waals surface area contributed by atoms with Crippen LogP contribution in [0, 0.1) is 0 Å². The van der Waals surface area contributed by atoms with Gasteiger partial charge >= 0.3 is 0 Å². The number of nitrogens with one attached hydrogen (secondary N) is 1. The van der Waals surface area contributed by atoms with Crippen LogP contribution in [0.5, 0.6) is 0 Å². The molecule has 3 N–H and O–H groups in total. The predicted molar refractivity (Wildman–Crippen MR) is 104 cm³/mol. The number of carbonyl (C=O) groups is 1. The number of thiophene rings is 1. The number of hydrogen-bond donors (Lipinski definition) is 2. The van der Waals surface area contributed by atoms with Crippen molar-refractivity contribution in [1.82, 2.24) is 45.5 Å². The first-order valence-electron chi connectivity index (χ1n) is 7.99. The summed E-state index contributed by atoms with van der Waals surface area (Å²) in [6, 6.07) is 1.87. The largest absolute Gasteiger partial charge is 0.378 e. The molecule has 4 aromatic heterocycles. The molecule has 4 rings (SSSR count). The number of amides is 1. The molecular weight excluding hydrogens is 418 g/mol. The molecule has 0 saturated carbocycles. The second-order valence-corrected chi connectivity index (χ2v) is 7.26. The van der Waals surface area contributed by atoms with Crippen LogP contribution in [-0.4, -0.2) is 52.2 Å². The molecule has 15 heteroatoms. The Labute approximate surface area is 171 Å². The zero-order valence-corrected chi connectivity index (χ0v) is 16.5. The Bertz CT molecular complexity index is 1140. The smallest absolute Gasteiger partial charge is 0.293 e. The van der Waals surface area contributed by atoms with Crippen LogP contribution in [0.25, 0.3) is 5.82 Å². The second kappa shape index (κ2) is 8.19. The number of hydrogen-bond acceptors (Lipinski definition) is 12. The zero-order valence-electron chi connectivity index (χ0n) is 14.8. The number of nitrogens with two attached hydrogens (primary N) is 1. The number of thioether (sulfide) groups is 1. The summed E-state index contributed by atoms with van der Waals surface area (Å²) in [5.74, 6) is -0.108. The van der Waals surface area contributed by atoms with Gasteiger partial charge in [-0.05, 0) is 27.1 Å². The van der Waals surface area contributed by atoms with Crippen LogP contribution in [0.1, 0.15) is 21.7 Å². The van der Waals surface area contributed by atoms with Crippen molar-refractivity contribution in [2.75, 3.05) is 5.73 Å². The van der Waals surface area contributed by atoms with Crippen molar-refractivity contribution in [2.24, 2.45) is 12.1 Å². The van der Waals surface area contributed by atoms with Crippen LogP contribution in [-0.2, 0) is 12.8 Å². The van der Waals surface area contributed by atoms with Gasteiger partial charge in [0.05, 0.1) is 11.9 Å². The van der Waals surface area contributed by atoms with Gasteiger partial charge in [0.25, 0.3) is 5.91 Å². The lowest BCUT2D eigenvalue weighted by molar-refractivity contribution is 0.0949. The van der Waals surface area contributed by atoms with E-state index in [0.29, 0.717) is 10.9 Å². The van der Waals surface area contributed by atoms with Crippen molar-refractivity contribution in [3.63, 3.8) is 0 Å². The summed E-state index contributed by atoms with van der Waals surface area (Å²) >= 11 is 2.86. The fourth-order valence-corrected chi connectivity index (χ4v) is 3.71. The average Bonchev–Trinajstić information content (AvgIpc) is 3.48. The topological polar surface area (TPSA) is 168 Å². The predicted octanol–water partition coefficient (Wildman–Crippen LogP) is 0.479. The Balaban J connectivity index is 1.60. The zero-order chi connectivity index (χ0) is 20.2. The van der Waals surface area contributed by atoms with E-state index in [1.807, 2.05) is 23.9 Å². The van der Waals surface area contributed by atoms with Gasteiger partial charge in [-0.2, -0.15) is 21.1 Å². The molecule has 0 aromatic carbocycles. The Morgan fingerprint density at radius 3 is 3.03 bits per heavy atom. The molecule has 4 aromatic rings. The van der Waals surface area contributed by atoms with Gasteiger partial charge in [-0.25, -0.2) is 10.1 Å². The Morgan fingerprint density at radius 1 is 1.45 bits per heavy atom. The van der Waals surface area contributed by atoms with Crippen molar-refractivity contribution >= 4 is 41.0 Å². The Morgan fingerprint density at radius 2 is 2.34 bits per heavy atom. The van der Waals surface area contributed by atoms with Gasteiger partial charge in [-0.3, -0.25) is 4.79 Å². The van der Waals surface area contributed by atoms with Crippen molar-refractivity contribution in [2.45, 2.75) is 10.9 Å². The highest BCUT2D eigenvalue weighted by Crippen LogP contribution is 2.24. The van der Waals surface area contributed by atoms with Crippen LogP contribution in [0.3, 0.4) is 0 Å². The highest BCUT2D eigenvalue weighted by atomic mass is 32.2. The maximum Gasteiger partial charge on any atom is 0.293 e. The van der Waals surface area contributed by atoms with Gasteiger partial charge in [0, 0.05) is 18.4 Å². The fraction of sp³-hybridized carbons (Fsp3) is 0.143. The number of nitrogen functional groups attached to an aromatic ring is 1. The number of aryl methyl sites for hydroxylation is 1. The standard InChI is InChI=1S/C14H13N11O2S2/c1-24-7-17-20-14(24)29-6-9-10(13(26)19-16-4-8-2-3-28-5-8)18-23-25(9)12-11(15)21-27-22-12/h2-5,7H,6H2,1H3,(H2,15,21)(H,19,26). The van der Waals surface area contributed by atoms with E-state index in [4.69, 9.17) is 5.73 Å². The quantitative estimate of drug-likeness (QED) is 0.238. The molecule has 0 aliphatic heterocycles. The van der Waals surface area contributed by atoms with Crippen molar-refractivity contribution in [3.8, 4) is 5.82 Å². The summed E-state index contributed by atoms with van der Waals surface area (Å²) in [4.78, 5) is 12.6. The number of aromatic nitrogens is 8. The highest BCUT2D eigenvalue weighted by Gasteiger charge is 2.24. The van der Waals surface area contributed by atoms with Crippen molar-refractivity contribution in [3.05, 3.63) is 40.1 Å². The molecule has 0 bridgehead atoms. The molecule has 0 atom stereocenters. The van der Waals surface area contributed by atoms with Crippen LogP contribution in [0.4, 0.5) is 5.82 Å².